The van der Waals surface area contributed by atoms with E-state index in [0.29, 0.717) is 18.1 Å². The lowest BCUT2D eigenvalue weighted by molar-refractivity contribution is -0.117. The number of nitrogens with zero attached hydrogens (tertiary/aromatic N) is 7. The lowest BCUT2D eigenvalue weighted by Gasteiger charge is -2.28. The Kier molecular flexibility index (Phi) is 3.91. The Hall–Kier alpha value is -4.09. The zero-order chi connectivity index (χ0) is 24.9. The minimum absolute atomic E-state index is 0.0654. The molecule has 0 radical (unpaired) electrons. The SMILES string of the molecule is [2H]C([2H])([2H])NC(=O)c1nnc(NC(=O)C2CC2)cc1Nc1nccc2c1N(C)Cc1nn(C)nc1-2. The molecule has 0 unspecified atom stereocenters. The molecule has 3 aromatic heterocycles. The van der Waals surface area contributed by atoms with Crippen molar-refractivity contribution in [1.82, 2.24) is 35.5 Å². The first-order chi connectivity index (χ1) is 16.6. The molecule has 5 rings (SSSR count). The molecule has 32 heavy (non-hydrogen) atoms. The summed E-state index contributed by atoms with van der Waals surface area (Å²) in [4.78, 5) is 32.8. The van der Waals surface area contributed by atoms with Crippen molar-refractivity contribution in [2.75, 3.05) is 29.6 Å². The van der Waals surface area contributed by atoms with Gasteiger partial charge in [0, 0.05) is 48.9 Å². The Morgan fingerprint density at radius 1 is 1.22 bits per heavy atom. The van der Waals surface area contributed by atoms with Crippen LogP contribution in [0.3, 0.4) is 0 Å². The maximum Gasteiger partial charge on any atom is 0.273 e. The second-order valence-electron chi connectivity index (χ2n) is 7.73. The van der Waals surface area contributed by atoms with Gasteiger partial charge in [-0.25, -0.2) is 4.98 Å². The van der Waals surface area contributed by atoms with Crippen LogP contribution in [0.4, 0.5) is 23.0 Å². The third-order valence-electron chi connectivity index (χ3n) is 5.31. The maximum atomic E-state index is 12.7. The fourth-order valence-corrected chi connectivity index (χ4v) is 3.67. The van der Waals surface area contributed by atoms with Gasteiger partial charge in [-0.1, -0.05) is 0 Å². The summed E-state index contributed by atoms with van der Waals surface area (Å²) >= 11 is 0. The van der Waals surface area contributed by atoms with Crippen LogP contribution in [-0.4, -0.2) is 56.0 Å². The first-order valence-corrected chi connectivity index (χ1v) is 9.98. The van der Waals surface area contributed by atoms with Crippen molar-refractivity contribution in [2.24, 2.45) is 13.0 Å². The second-order valence-corrected chi connectivity index (χ2v) is 7.73. The van der Waals surface area contributed by atoms with Crippen LogP contribution in [0.2, 0.25) is 0 Å². The number of pyridine rings is 1. The molecule has 1 fully saturated rings. The summed E-state index contributed by atoms with van der Waals surface area (Å²) in [6.45, 7) is -2.23. The molecule has 1 saturated carbocycles. The van der Waals surface area contributed by atoms with Gasteiger partial charge in [-0.05, 0) is 18.9 Å². The second kappa shape index (κ2) is 7.55. The number of rotatable bonds is 5. The van der Waals surface area contributed by atoms with E-state index < -0.39 is 12.9 Å². The van der Waals surface area contributed by atoms with E-state index in [1.807, 2.05) is 23.3 Å². The molecule has 0 atom stereocenters. The molecule has 3 aromatic rings. The van der Waals surface area contributed by atoms with Crippen LogP contribution in [0.1, 0.15) is 33.1 Å². The fourth-order valence-electron chi connectivity index (χ4n) is 3.67. The molecule has 0 aromatic carbocycles. The van der Waals surface area contributed by atoms with E-state index in [1.165, 1.54) is 10.9 Å². The number of fused-ring (bicyclic) bond motifs is 3. The molecule has 2 amide bonds. The standard InChI is InChI=1S/C20H22N10O2/c1-21-20(32)16-12(8-14(25-26-16)24-19(31)10-4-5-10)23-18-17-11(6-7-22-18)15-13(9-29(17)2)27-30(3)28-15/h6-8,10H,4-5,9H2,1-3H3,(H,21,32)(H2,22,23,24,25,31)/i1D3. The molecule has 0 spiro atoms. The number of amides is 2. The zero-order valence-electron chi connectivity index (χ0n) is 20.4. The number of carbonyl (C=O) groups is 2. The van der Waals surface area contributed by atoms with Gasteiger partial charge >= 0.3 is 0 Å². The van der Waals surface area contributed by atoms with Crippen LogP contribution in [-0.2, 0) is 18.4 Å². The predicted octanol–water partition coefficient (Wildman–Crippen LogP) is 1.07. The van der Waals surface area contributed by atoms with Gasteiger partial charge in [0.1, 0.15) is 11.4 Å². The molecule has 0 bridgehead atoms. The fraction of sp³-hybridized carbons (Fsp3) is 0.350. The van der Waals surface area contributed by atoms with Crippen molar-refractivity contribution < 1.29 is 13.7 Å². The predicted molar refractivity (Wildman–Crippen MR) is 116 cm³/mol. The maximum absolute atomic E-state index is 12.7. The van der Waals surface area contributed by atoms with E-state index in [-0.39, 0.29) is 29.0 Å². The van der Waals surface area contributed by atoms with Crippen LogP contribution in [0.25, 0.3) is 11.3 Å². The van der Waals surface area contributed by atoms with Gasteiger partial charge in [-0.2, -0.15) is 15.0 Å². The number of hydrogen-bond donors (Lipinski definition) is 3. The lowest BCUT2D eigenvalue weighted by Crippen LogP contribution is -2.25. The van der Waals surface area contributed by atoms with E-state index in [4.69, 9.17) is 4.11 Å². The van der Waals surface area contributed by atoms with Gasteiger partial charge in [0.05, 0.1) is 17.9 Å². The van der Waals surface area contributed by atoms with Gasteiger partial charge in [-0.3, -0.25) is 9.59 Å². The van der Waals surface area contributed by atoms with Gasteiger partial charge in [-0.15, -0.1) is 10.2 Å². The number of aromatic nitrogens is 6. The average Bonchev–Trinajstić information content (AvgIpc) is 3.55. The third kappa shape index (κ3) is 3.49. The smallest absolute Gasteiger partial charge is 0.273 e. The van der Waals surface area contributed by atoms with Crippen LogP contribution < -0.4 is 20.9 Å². The molecular weight excluding hydrogens is 412 g/mol. The Morgan fingerprint density at radius 3 is 2.84 bits per heavy atom. The number of nitrogens with one attached hydrogen (secondary N) is 3. The first kappa shape index (κ1) is 16.6. The van der Waals surface area contributed by atoms with Gasteiger partial charge in [0.2, 0.25) is 5.91 Å². The summed E-state index contributed by atoms with van der Waals surface area (Å²) in [6.07, 6.45) is 3.20. The Morgan fingerprint density at radius 2 is 2.06 bits per heavy atom. The van der Waals surface area contributed by atoms with Gasteiger partial charge in [0.25, 0.3) is 5.91 Å². The monoisotopic (exact) mass is 437 g/mol. The number of aryl methyl sites for hydroxylation is 1. The van der Waals surface area contributed by atoms with Crippen molar-refractivity contribution >= 4 is 34.8 Å². The number of hydrogen-bond acceptors (Lipinski definition) is 9. The molecule has 12 heteroatoms. The van der Waals surface area contributed by atoms with Crippen molar-refractivity contribution in [3.05, 3.63) is 29.7 Å². The van der Waals surface area contributed by atoms with E-state index in [0.717, 1.165) is 29.8 Å². The highest BCUT2D eigenvalue weighted by Crippen LogP contribution is 2.41. The van der Waals surface area contributed by atoms with E-state index in [1.54, 1.807) is 13.2 Å². The van der Waals surface area contributed by atoms with E-state index in [2.05, 4.69) is 36.0 Å². The first-order valence-electron chi connectivity index (χ1n) is 11.5. The summed E-state index contributed by atoms with van der Waals surface area (Å²) in [6, 6.07) is 3.25. The Bertz CT molecular complexity index is 1340. The van der Waals surface area contributed by atoms with E-state index in [9.17, 15) is 9.59 Å². The molecule has 2 aliphatic rings. The summed E-state index contributed by atoms with van der Waals surface area (Å²) in [7, 11) is 3.62. The number of anilines is 4. The minimum atomic E-state index is -2.72. The molecule has 0 saturated heterocycles. The molecule has 3 N–H and O–H groups in total. The van der Waals surface area contributed by atoms with Crippen molar-refractivity contribution in [2.45, 2.75) is 19.4 Å². The highest BCUT2D eigenvalue weighted by molar-refractivity contribution is 6.00. The Labute approximate surface area is 187 Å². The quantitative estimate of drug-likeness (QED) is 0.534. The molecule has 1 aliphatic carbocycles. The number of carbonyl (C=O) groups excluding carboxylic acids is 2. The minimum Gasteiger partial charge on any atom is -0.365 e. The topological polar surface area (TPSA) is 143 Å². The summed E-state index contributed by atoms with van der Waals surface area (Å²) in [5.74, 6) is -0.685. The van der Waals surface area contributed by atoms with Crippen LogP contribution >= 0.6 is 0 Å². The molecular formula is C20H22N10O2. The van der Waals surface area contributed by atoms with Crippen molar-refractivity contribution in [1.29, 1.82) is 0 Å². The summed E-state index contributed by atoms with van der Waals surface area (Å²) < 4.78 is 22.1. The van der Waals surface area contributed by atoms with E-state index >= 15 is 0 Å². The lowest BCUT2D eigenvalue weighted by atomic mass is 10.0. The normalized spacial score (nSPS) is 16.2. The van der Waals surface area contributed by atoms with Crippen LogP contribution in [0.15, 0.2) is 18.3 Å². The summed E-state index contributed by atoms with van der Waals surface area (Å²) in [5.41, 5.74) is 2.90. The van der Waals surface area contributed by atoms with Gasteiger partial charge < -0.3 is 20.9 Å². The third-order valence-corrected chi connectivity index (χ3v) is 5.31. The molecule has 164 valence electrons. The van der Waals surface area contributed by atoms with Gasteiger partial charge in [0.15, 0.2) is 17.3 Å². The zero-order valence-corrected chi connectivity index (χ0v) is 17.4. The summed E-state index contributed by atoms with van der Waals surface area (Å²) in [5, 5.41) is 24.4. The molecule has 1 aliphatic heterocycles. The van der Waals surface area contributed by atoms with Crippen LogP contribution in [0, 0.1) is 5.92 Å². The Balaban J connectivity index is 1.54. The highest BCUT2D eigenvalue weighted by atomic mass is 16.2. The van der Waals surface area contributed by atoms with Crippen molar-refractivity contribution in [3.63, 3.8) is 0 Å². The molecule has 4 heterocycles. The van der Waals surface area contributed by atoms with Crippen LogP contribution in [0.5, 0.6) is 0 Å². The van der Waals surface area contributed by atoms with Crippen molar-refractivity contribution in [3.8, 4) is 11.3 Å². The molecule has 12 nitrogen and oxygen atoms in total. The largest absolute Gasteiger partial charge is 0.365 e. The highest BCUT2D eigenvalue weighted by Gasteiger charge is 2.31. The average molecular weight is 437 g/mol.